The molecule has 0 fully saturated rings. The van der Waals surface area contributed by atoms with Crippen LogP contribution in [0.1, 0.15) is 30.6 Å². The molecule has 0 saturated heterocycles. The molecule has 2 atom stereocenters. The van der Waals surface area contributed by atoms with Gasteiger partial charge in [-0.1, -0.05) is 23.7 Å². The Morgan fingerprint density at radius 2 is 1.85 bits per heavy atom. The summed E-state index contributed by atoms with van der Waals surface area (Å²) < 4.78 is 27.9. The molecule has 1 aromatic carbocycles. The highest BCUT2D eigenvalue weighted by atomic mass is 35.5. The smallest absolute Gasteiger partial charge is 0.329 e. The Hall–Kier alpha value is -2.13. The molecule has 0 aromatic heterocycles. The third-order valence-electron chi connectivity index (χ3n) is 3.50. The Kier molecular flexibility index (Phi) is 8.71. The largest absolute Gasteiger partial charge is 0.451 e. The van der Waals surface area contributed by atoms with Crippen LogP contribution in [0.2, 0.25) is 5.02 Å². The van der Waals surface area contributed by atoms with E-state index in [-0.39, 0.29) is 22.8 Å². The lowest BCUT2D eigenvalue weighted by Crippen LogP contribution is -2.46. The summed E-state index contributed by atoms with van der Waals surface area (Å²) >= 11 is 5.97. The summed E-state index contributed by atoms with van der Waals surface area (Å²) in [6.07, 6.45) is -0.270. The molecular weight excluding hydrogens is 396 g/mol. The van der Waals surface area contributed by atoms with E-state index < -0.39 is 39.8 Å². The molecule has 0 aliphatic heterocycles. The summed E-state index contributed by atoms with van der Waals surface area (Å²) in [6.45, 7) is 3.46. The Morgan fingerprint density at radius 1 is 1.22 bits per heavy atom. The van der Waals surface area contributed by atoms with Crippen molar-refractivity contribution >= 4 is 39.2 Å². The first-order chi connectivity index (χ1) is 12.5. The first kappa shape index (κ1) is 22.9. The van der Waals surface area contributed by atoms with Crippen LogP contribution in [0, 0.1) is 0 Å². The maximum absolute atomic E-state index is 12.4. The lowest BCUT2D eigenvalue weighted by Gasteiger charge is -2.20. The van der Waals surface area contributed by atoms with E-state index >= 15 is 0 Å². The van der Waals surface area contributed by atoms with Crippen molar-refractivity contribution in [1.29, 1.82) is 0 Å². The fourth-order valence-corrected chi connectivity index (χ4v) is 2.98. The van der Waals surface area contributed by atoms with Gasteiger partial charge in [0.05, 0.1) is 16.3 Å². The van der Waals surface area contributed by atoms with Crippen LogP contribution >= 0.6 is 11.6 Å². The molecule has 0 saturated carbocycles. The molecule has 2 N–H and O–H groups in total. The van der Waals surface area contributed by atoms with E-state index in [1.807, 2.05) is 0 Å². The van der Waals surface area contributed by atoms with Crippen LogP contribution in [0.15, 0.2) is 24.3 Å². The van der Waals surface area contributed by atoms with Gasteiger partial charge in [0.2, 0.25) is 0 Å². The minimum absolute atomic E-state index is 0.132. The first-order valence-electron chi connectivity index (χ1n) is 8.26. The van der Waals surface area contributed by atoms with Gasteiger partial charge < -0.3 is 15.4 Å². The number of carbonyl (C=O) groups excluding carboxylic acids is 3. The molecule has 8 nitrogen and oxygen atoms in total. The average Bonchev–Trinajstić information content (AvgIpc) is 2.57. The summed E-state index contributed by atoms with van der Waals surface area (Å²) in [4.78, 5) is 36.5. The normalized spacial score (nSPS) is 13.3. The van der Waals surface area contributed by atoms with Crippen LogP contribution in [0.25, 0.3) is 0 Å². The standard InChI is InChI=1S/C17H23ClN2O6S/c1-4-19-15(21)11(2)26-17(23)14(9-10-27(3,24)25)20-16(22)12-7-5-6-8-13(12)18/h5-8,11,14H,4,9-10H2,1-3H3,(H,19,21)(H,20,22)/t11-,14-/m1/s1. The topological polar surface area (TPSA) is 119 Å². The van der Waals surface area contributed by atoms with E-state index in [1.165, 1.54) is 19.1 Å². The van der Waals surface area contributed by atoms with Gasteiger partial charge in [-0.3, -0.25) is 9.59 Å². The van der Waals surface area contributed by atoms with E-state index in [1.54, 1.807) is 19.1 Å². The second kappa shape index (κ2) is 10.3. The van der Waals surface area contributed by atoms with Gasteiger partial charge in [-0.2, -0.15) is 0 Å². The van der Waals surface area contributed by atoms with E-state index in [0.717, 1.165) is 6.26 Å². The number of halogens is 1. The predicted molar refractivity (Wildman–Crippen MR) is 101 cm³/mol. The Morgan fingerprint density at radius 3 is 2.41 bits per heavy atom. The highest BCUT2D eigenvalue weighted by molar-refractivity contribution is 7.90. The maximum atomic E-state index is 12.4. The van der Waals surface area contributed by atoms with Crippen LogP contribution in [0.5, 0.6) is 0 Å². The van der Waals surface area contributed by atoms with Gasteiger partial charge >= 0.3 is 5.97 Å². The van der Waals surface area contributed by atoms with Crippen molar-refractivity contribution in [3.05, 3.63) is 34.9 Å². The molecule has 0 aliphatic rings. The van der Waals surface area contributed by atoms with Crippen molar-refractivity contribution in [1.82, 2.24) is 10.6 Å². The average molecular weight is 419 g/mol. The number of likely N-dealkylation sites (N-methyl/N-ethyl adjacent to an activating group) is 1. The van der Waals surface area contributed by atoms with Crippen molar-refractivity contribution in [3.63, 3.8) is 0 Å². The Bertz CT molecular complexity index is 796. The van der Waals surface area contributed by atoms with Crippen LogP contribution in [-0.2, 0) is 24.2 Å². The molecule has 0 radical (unpaired) electrons. The number of sulfone groups is 1. The number of carbonyl (C=O) groups is 3. The first-order valence-corrected chi connectivity index (χ1v) is 10.7. The fourth-order valence-electron chi connectivity index (χ4n) is 2.09. The molecule has 0 unspecified atom stereocenters. The molecule has 2 amide bonds. The molecular formula is C17H23ClN2O6S. The number of esters is 1. The van der Waals surface area contributed by atoms with Gasteiger partial charge in [0, 0.05) is 12.8 Å². The minimum Gasteiger partial charge on any atom is -0.451 e. The minimum atomic E-state index is -3.38. The number of hydrogen-bond donors (Lipinski definition) is 2. The quantitative estimate of drug-likeness (QED) is 0.576. The Labute approximate surface area is 163 Å². The molecule has 150 valence electrons. The van der Waals surface area contributed by atoms with Gasteiger partial charge in [0.1, 0.15) is 15.9 Å². The van der Waals surface area contributed by atoms with Crippen molar-refractivity contribution in [2.24, 2.45) is 0 Å². The van der Waals surface area contributed by atoms with Gasteiger partial charge in [-0.15, -0.1) is 0 Å². The zero-order chi connectivity index (χ0) is 20.6. The van der Waals surface area contributed by atoms with Crippen LogP contribution in [-0.4, -0.2) is 56.9 Å². The van der Waals surface area contributed by atoms with Crippen LogP contribution in [0.4, 0.5) is 0 Å². The lowest BCUT2D eigenvalue weighted by atomic mass is 10.1. The summed E-state index contributed by atoms with van der Waals surface area (Å²) in [7, 11) is -3.38. The van der Waals surface area contributed by atoms with Crippen LogP contribution < -0.4 is 10.6 Å². The van der Waals surface area contributed by atoms with E-state index in [4.69, 9.17) is 16.3 Å². The SMILES string of the molecule is CCNC(=O)[C@@H](C)OC(=O)[C@@H](CCS(C)(=O)=O)NC(=O)c1ccccc1Cl. The van der Waals surface area contributed by atoms with E-state index in [9.17, 15) is 22.8 Å². The highest BCUT2D eigenvalue weighted by Crippen LogP contribution is 2.15. The van der Waals surface area contributed by atoms with Gasteiger partial charge in [0.15, 0.2) is 6.10 Å². The molecule has 27 heavy (non-hydrogen) atoms. The zero-order valence-corrected chi connectivity index (χ0v) is 16.9. The van der Waals surface area contributed by atoms with Crippen LogP contribution in [0.3, 0.4) is 0 Å². The zero-order valence-electron chi connectivity index (χ0n) is 15.3. The second-order valence-electron chi connectivity index (χ2n) is 5.90. The monoisotopic (exact) mass is 418 g/mol. The van der Waals surface area contributed by atoms with Gasteiger partial charge in [-0.25, -0.2) is 13.2 Å². The van der Waals surface area contributed by atoms with Crippen molar-refractivity contribution in [3.8, 4) is 0 Å². The van der Waals surface area contributed by atoms with Crippen molar-refractivity contribution < 1.29 is 27.5 Å². The molecule has 0 aliphatic carbocycles. The molecule has 1 aromatic rings. The highest BCUT2D eigenvalue weighted by Gasteiger charge is 2.28. The number of hydrogen-bond acceptors (Lipinski definition) is 6. The molecule has 10 heteroatoms. The third-order valence-corrected chi connectivity index (χ3v) is 4.81. The number of amides is 2. The van der Waals surface area contributed by atoms with Gasteiger partial charge in [-0.05, 0) is 32.4 Å². The summed E-state index contributed by atoms with van der Waals surface area (Å²) in [5.74, 6) is -2.39. The second-order valence-corrected chi connectivity index (χ2v) is 8.57. The molecule has 1 rings (SSSR count). The summed E-state index contributed by atoms with van der Waals surface area (Å²) in [6, 6.07) is 4.97. The molecule has 0 spiro atoms. The van der Waals surface area contributed by atoms with Crippen molar-refractivity contribution in [2.75, 3.05) is 18.6 Å². The van der Waals surface area contributed by atoms with E-state index in [0.29, 0.717) is 6.54 Å². The van der Waals surface area contributed by atoms with E-state index in [2.05, 4.69) is 10.6 Å². The summed E-state index contributed by atoms with van der Waals surface area (Å²) in [5, 5.41) is 5.11. The number of benzene rings is 1. The number of nitrogens with one attached hydrogen (secondary N) is 2. The predicted octanol–water partition coefficient (Wildman–Crippen LogP) is 0.941. The number of ether oxygens (including phenoxy) is 1. The third kappa shape index (κ3) is 7.96. The molecule has 0 bridgehead atoms. The lowest BCUT2D eigenvalue weighted by molar-refractivity contribution is -0.156. The number of rotatable bonds is 9. The van der Waals surface area contributed by atoms with Crippen molar-refractivity contribution in [2.45, 2.75) is 32.4 Å². The Balaban J connectivity index is 2.92. The van der Waals surface area contributed by atoms with Gasteiger partial charge in [0.25, 0.3) is 11.8 Å². The fraction of sp³-hybridized carbons (Fsp3) is 0.471. The summed E-state index contributed by atoms with van der Waals surface area (Å²) in [5.41, 5.74) is 0.132. The maximum Gasteiger partial charge on any atom is 0.329 e. The molecule has 0 heterocycles.